The zero-order chi connectivity index (χ0) is 32.4. The maximum Gasteiger partial charge on any atom is 0.490 e. The van der Waals surface area contributed by atoms with E-state index in [1.807, 2.05) is 13.0 Å². The second-order valence-electron chi connectivity index (χ2n) is 9.65. The molecular weight excluding hydrogens is 595 g/mol. The van der Waals surface area contributed by atoms with Crippen LogP contribution in [0.5, 0.6) is 0 Å². The molecule has 1 fully saturated rings. The number of piperazine rings is 1. The number of nitrogens with zero attached hydrogens (tertiary/aromatic N) is 2. The van der Waals surface area contributed by atoms with Gasteiger partial charge in [-0.3, -0.25) is 14.3 Å². The highest BCUT2D eigenvalue weighted by molar-refractivity contribution is 7.92. The number of nitrogens with one attached hydrogen (secondary N) is 3. The first-order valence-electron chi connectivity index (χ1n) is 13.1. The van der Waals surface area contributed by atoms with E-state index in [1.54, 1.807) is 37.3 Å². The Hall–Kier alpha value is -3.89. The summed E-state index contributed by atoms with van der Waals surface area (Å²) in [4.78, 5) is 37.7. The average Bonchev–Trinajstić information content (AvgIpc) is 2.92. The molecule has 0 aromatic heterocycles. The van der Waals surface area contributed by atoms with E-state index in [0.717, 1.165) is 18.7 Å². The summed E-state index contributed by atoms with van der Waals surface area (Å²) in [6.07, 6.45) is -5.08. The number of hydrogen-bond acceptors (Lipinski definition) is 8. The minimum atomic E-state index is -5.08. The number of hydrogen-bond donors (Lipinski definition) is 4. The largest absolute Gasteiger partial charge is 0.490 e. The third kappa shape index (κ3) is 10.7. The van der Waals surface area contributed by atoms with Crippen molar-refractivity contribution >= 4 is 39.2 Å². The normalized spacial score (nSPS) is 13.4. The fourth-order valence-electron chi connectivity index (χ4n) is 4.09. The van der Waals surface area contributed by atoms with Gasteiger partial charge in [0.25, 0.3) is 15.9 Å². The summed E-state index contributed by atoms with van der Waals surface area (Å²) in [5, 5.41) is 13.1. The van der Waals surface area contributed by atoms with Crippen LogP contribution in [0.15, 0.2) is 41.3 Å². The molecule has 0 unspecified atom stereocenters. The summed E-state index contributed by atoms with van der Waals surface area (Å²) >= 11 is 0. The van der Waals surface area contributed by atoms with Gasteiger partial charge in [-0.2, -0.15) is 13.2 Å². The van der Waals surface area contributed by atoms with Gasteiger partial charge in [0.15, 0.2) is 0 Å². The van der Waals surface area contributed by atoms with E-state index in [1.165, 1.54) is 19.1 Å². The standard InChI is InChI=1S/C25H35N5O5S.C2HF3O2/c1-18-5-8-23(19(2)15-18)36(33,34)28-21-16-20(6-7-22(21)30-12-9-26-10-13-30)25(32)29(3)17-24(31)27-11-14-35-4;3-2(4,5)1(6)7/h5-8,15-16,26,28H,9-14,17H2,1-4H3,(H,27,31);(H,6,7). The van der Waals surface area contributed by atoms with Crippen LogP contribution in [0.2, 0.25) is 0 Å². The summed E-state index contributed by atoms with van der Waals surface area (Å²) in [6.45, 7) is 7.19. The van der Waals surface area contributed by atoms with Crippen LogP contribution in [0, 0.1) is 13.8 Å². The van der Waals surface area contributed by atoms with Gasteiger partial charge in [-0.1, -0.05) is 17.7 Å². The third-order valence-corrected chi connectivity index (χ3v) is 7.69. The van der Waals surface area contributed by atoms with Gasteiger partial charge in [0.2, 0.25) is 5.91 Å². The number of ether oxygens (including phenoxy) is 1. The predicted molar refractivity (Wildman–Crippen MR) is 154 cm³/mol. The van der Waals surface area contributed by atoms with E-state index in [2.05, 4.69) is 20.3 Å². The van der Waals surface area contributed by atoms with Crippen molar-refractivity contribution in [1.82, 2.24) is 15.5 Å². The molecule has 4 N–H and O–H groups in total. The van der Waals surface area contributed by atoms with Gasteiger partial charge < -0.3 is 30.3 Å². The number of aryl methyl sites for hydroxylation is 2. The fourth-order valence-corrected chi connectivity index (χ4v) is 5.38. The summed E-state index contributed by atoms with van der Waals surface area (Å²) in [7, 11) is -0.840. The van der Waals surface area contributed by atoms with Gasteiger partial charge in [0, 0.05) is 52.4 Å². The molecule has 0 aliphatic carbocycles. The SMILES string of the molecule is COCCNC(=O)CN(C)C(=O)c1ccc(N2CCNCC2)c(NS(=O)(=O)c2ccc(C)cc2C)c1.O=C(O)C(F)(F)F. The number of halogens is 3. The summed E-state index contributed by atoms with van der Waals surface area (Å²) in [6, 6.07) is 10.1. The molecule has 1 saturated heterocycles. The predicted octanol–water partition coefficient (Wildman–Crippen LogP) is 1.98. The molecule has 1 aliphatic rings. The molecule has 0 atom stereocenters. The van der Waals surface area contributed by atoms with Crippen molar-refractivity contribution in [2.45, 2.75) is 24.9 Å². The molecule has 3 rings (SSSR count). The molecule has 238 valence electrons. The molecule has 1 heterocycles. The fraction of sp³-hybridized carbons (Fsp3) is 0.444. The highest BCUT2D eigenvalue weighted by Gasteiger charge is 2.38. The Morgan fingerprint density at radius 1 is 1.09 bits per heavy atom. The maximum absolute atomic E-state index is 13.4. The zero-order valence-corrected chi connectivity index (χ0v) is 25.1. The molecular formula is C27H36F3N5O7S. The molecule has 0 spiro atoms. The molecule has 0 bridgehead atoms. The first kappa shape index (κ1) is 35.3. The molecule has 0 saturated carbocycles. The second-order valence-corrected chi connectivity index (χ2v) is 11.3. The first-order valence-corrected chi connectivity index (χ1v) is 14.6. The van der Waals surface area contributed by atoms with Gasteiger partial charge in [-0.25, -0.2) is 13.2 Å². The Morgan fingerprint density at radius 3 is 2.28 bits per heavy atom. The van der Waals surface area contributed by atoms with Crippen LogP contribution in [-0.2, 0) is 24.3 Å². The van der Waals surface area contributed by atoms with Crippen LogP contribution in [-0.4, -0.2) is 102 Å². The van der Waals surface area contributed by atoms with E-state index in [4.69, 9.17) is 14.6 Å². The van der Waals surface area contributed by atoms with Crippen LogP contribution in [0.25, 0.3) is 0 Å². The molecule has 2 aromatic rings. The third-order valence-electron chi connectivity index (χ3n) is 6.16. The minimum Gasteiger partial charge on any atom is -0.475 e. The molecule has 2 aromatic carbocycles. The Labute approximate surface area is 248 Å². The van der Waals surface area contributed by atoms with Crippen LogP contribution in [0.3, 0.4) is 0 Å². The van der Waals surface area contributed by atoms with Gasteiger partial charge in [-0.05, 0) is 43.7 Å². The van der Waals surface area contributed by atoms with Crippen molar-refractivity contribution in [3.8, 4) is 0 Å². The number of alkyl halides is 3. The quantitative estimate of drug-likeness (QED) is 0.288. The maximum atomic E-state index is 13.4. The Balaban J connectivity index is 0.000000821. The molecule has 2 amide bonds. The summed E-state index contributed by atoms with van der Waals surface area (Å²) < 4.78 is 66.1. The van der Waals surface area contributed by atoms with Crippen LogP contribution < -0.4 is 20.3 Å². The van der Waals surface area contributed by atoms with Crippen LogP contribution in [0.4, 0.5) is 24.5 Å². The number of amides is 2. The number of sulfonamides is 1. The van der Waals surface area contributed by atoms with E-state index >= 15 is 0 Å². The van der Waals surface area contributed by atoms with Gasteiger partial charge in [-0.15, -0.1) is 0 Å². The van der Waals surface area contributed by atoms with E-state index < -0.39 is 28.1 Å². The van der Waals surface area contributed by atoms with Crippen molar-refractivity contribution in [2.75, 3.05) is 69.7 Å². The lowest BCUT2D eigenvalue weighted by molar-refractivity contribution is -0.192. The molecule has 1 aliphatic heterocycles. The van der Waals surface area contributed by atoms with Crippen molar-refractivity contribution in [3.05, 3.63) is 53.1 Å². The van der Waals surface area contributed by atoms with Crippen molar-refractivity contribution in [2.24, 2.45) is 0 Å². The van der Waals surface area contributed by atoms with E-state index in [9.17, 15) is 31.2 Å². The molecule has 0 radical (unpaired) electrons. The van der Waals surface area contributed by atoms with Crippen molar-refractivity contribution in [3.63, 3.8) is 0 Å². The molecule has 16 heteroatoms. The number of methoxy groups -OCH3 is 1. The van der Waals surface area contributed by atoms with Crippen molar-refractivity contribution in [1.29, 1.82) is 0 Å². The lowest BCUT2D eigenvalue weighted by Gasteiger charge is -2.31. The van der Waals surface area contributed by atoms with Crippen LogP contribution in [0.1, 0.15) is 21.5 Å². The lowest BCUT2D eigenvalue weighted by Crippen LogP contribution is -2.44. The summed E-state index contributed by atoms with van der Waals surface area (Å²) in [5.74, 6) is -3.46. The van der Waals surface area contributed by atoms with Crippen LogP contribution >= 0.6 is 0 Å². The summed E-state index contributed by atoms with van der Waals surface area (Å²) in [5.41, 5.74) is 2.90. The van der Waals surface area contributed by atoms with Crippen molar-refractivity contribution < 1.29 is 45.8 Å². The van der Waals surface area contributed by atoms with E-state index in [-0.39, 0.29) is 22.9 Å². The first-order chi connectivity index (χ1) is 20.1. The number of carboxylic acids is 1. The number of likely N-dealkylation sites (N-methyl/N-ethyl adjacent to an activating group) is 1. The smallest absolute Gasteiger partial charge is 0.475 e. The Bertz CT molecular complexity index is 1400. The van der Waals surface area contributed by atoms with Gasteiger partial charge >= 0.3 is 12.1 Å². The number of aliphatic carboxylic acids is 1. The molecule has 43 heavy (non-hydrogen) atoms. The average molecular weight is 632 g/mol. The number of benzene rings is 2. The van der Waals surface area contributed by atoms with E-state index in [0.29, 0.717) is 43.2 Å². The van der Waals surface area contributed by atoms with Gasteiger partial charge in [0.1, 0.15) is 0 Å². The Morgan fingerprint density at radius 2 is 1.72 bits per heavy atom. The highest BCUT2D eigenvalue weighted by atomic mass is 32.2. The number of anilines is 2. The number of carbonyl (C=O) groups is 3. The number of carboxylic acid groups (broad SMARTS) is 1. The second kappa shape index (κ2) is 15.5. The lowest BCUT2D eigenvalue weighted by atomic mass is 10.1. The van der Waals surface area contributed by atoms with Gasteiger partial charge in [0.05, 0.1) is 29.4 Å². The molecule has 12 nitrogen and oxygen atoms in total. The monoisotopic (exact) mass is 631 g/mol. The Kier molecular flexibility index (Phi) is 12.8. The highest BCUT2D eigenvalue weighted by Crippen LogP contribution is 2.31. The topological polar surface area (TPSA) is 157 Å². The minimum absolute atomic E-state index is 0.133. The number of carbonyl (C=O) groups excluding carboxylic acids is 2. The zero-order valence-electron chi connectivity index (χ0n) is 24.2. The number of rotatable bonds is 10.